The van der Waals surface area contributed by atoms with Crippen LogP contribution >= 0.6 is 0 Å². The summed E-state index contributed by atoms with van der Waals surface area (Å²) in [6.45, 7) is 2.08. The van der Waals surface area contributed by atoms with Crippen LogP contribution in [0.4, 0.5) is 22.7 Å². The van der Waals surface area contributed by atoms with Crippen LogP contribution < -0.4 is 9.80 Å². The zero-order valence-electron chi connectivity index (χ0n) is 18.1. The molecule has 34 heavy (non-hydrogen) atoms. The monoisotopic (exact) mass is 482 g/mol. The van der Waals surface area contributed by atoms with Crippen molar-refractivity contribution in [3.63, 3.8) is 0 Å². The van der Waals surface area contributed by atoms with Crippen molar-refractivity contribution in [3.05, 3.63) is 98.6 Å². The molecule has 1 fully saturated rings. The van der Waals surface area contributed by atoms with Crippen LogP contribution in [0.3, 0.4) is 0 Å². The summed E-state index contributed by atoms with van der Waals surface area (Å²) in [6, 6.07) is 19.0. The molecule has 3 aromatic carbocycles. The third kappa shape index (κ3) is 4.99. The molecule has 3 aromatic rings. The van der Waals surface area contributed by atoms with Gasteiger partial charge in [-0.3, -0.25) is 20.2 Å². The quantitative estimate of drug-likeness (QED) is 0.367. The molecule has 0 spiro atoms. The zero-order valence-corrected chi connectivity index (χ0v) is 18.9. The van der Waals surface area contributed by atoms with Gasteiger partial charge >= 0.3 is 0 Å². The number of anilines is 2. The molecule has 0 atom stereocenters. The summed E-state index contributed by atoms with van der Waals surface area (Å²) in [5.41, 5.74) is 1.57. The van der Waals surface area contributed by atoms with E-state index in [-0.39, 0.29) is 22.0 Å². The highest BCUT2D eigenvalue weighted by molar-refractivity contribution is 7.90. The number of nitro groups is 2. The van der Waals surface area contributed by atoms with Gasteiger partial charge in [0.05, 0.1) is 20.5 Å². The van der Waals surface area contributed by atoms with Crippen molar-refractivity contribution in [3.8, 4) is 0 Å². The van der Waals surface area contributed by atoms with Crippen LogP contribution in [0.25, 0.3) is 0 Å². The summed E-state index contributed by atoms with van der Waals surface area (Å²) in [7, 11) is -3.75. The van der Waals surface area contributed by atoms with E-state index >= 15 is 0 Å². The first-order chi connectivity index (χ1) is 16.2. The minimum Gasteiger partial charge on any atom is -0.368 e. The summed E-state index contributed by atoms with van der Waals surface area (Å²) < 4.78 is 25.7. The first kappa shape index (κ1) is 23.2. The van der Waals surface area contributed by atoms with Gasteiger partial charge in [0.15, 0.2) is 9.84 Å². The number of hydrogen-bond acceptors (Lipinski definition) is 8. The molecule has 1 aliphatic rings. The molecule has 176 valence electrons. The summed E-state index contributed by atoms with van der Waals surface area (Å²) in [5.74, 6) is -0.238. The van der Waals surface area contributed by atoms with Gasteiger partial charge in [0, 0.05) is 50.1 Å². The summed E-state index contributed by atoms with van der Waals surface area (Å²) in [4.78, 5) is 25.4. The van der Waals surface area contributed by atoms with Crippen molar-refractivity contribution < 1.29 is 18.3 Å². The third-order valence-corrected chi connectivity index (χ3v) is 7.43. The molecule has 0 aromatic heterocycles. The average molecular weight is 483 g/mol. The normalized spacial score (nSPS) is 14.1. The standard InChI is InChI=1S/C23H22N4O6S/c28-26(29)20-8-6-19(7-9-20)24-12-14-25(15-13-24)22-11-10-21(16-23(22)27(30)31)34(32,33)17-18-4-2-1-3-5-18/h1-11,16H,12-15,17H2. The lowest BCUT2D eigenvalue weighted by molar-refractivity contribution is -0.384. The molecule has 11 heteroatoms. The Hall–Kier alpha value is -3.99. The fourth-order valence-corrected chi connectivity index (χ4v) is 5.34. The van der Waals surface area contributed by atoms with Crippen molar-refractivity contribution in [2.75, 3.05) is 36.0 Å². The molecule has 4 rings (SSSR count). The van der Waals surface area contributed by atoms with Crippen LogP contribution in [0.1, 0.15) is 5.56 Å². The Morgan fingerprint density at radius 1 is 0.765 bits per heavy atom. The van der Waals surface area contributed by atoms with Gasteiger partial charge < -0.3 is 9.80 Å². The Kier molecular flexibility index (Phi) is 6.46. The Morgan fingerprint density at radius 2 is 1.38 bits per heavy atom. The topological polar surface area (TPSA) is 127 Å². The highest BCUT2D eigenvalue weighted by Gasteiger charge is 2.27. The van der Waals surface area contributed by atoms with E-state index in [9.17, 15) is 28.6 Å². The minimum absolute atomic E-state index is 0.0142. The van der Waals surface area contributed by atoms with Gasteiger partial charge in [-0.15, -0.1) is 0 Å². The van der Waals surface area contributed by atoms with Gasteiger partial charge in [0.25, 0.3) is 11.4 Å². The largest absolute Gasteiger partial charge is 0.368 e. The predicted molar refractivity (Wildman–Crippen MR) is 128 cm³/mol. The molecule has 0 unspecified atom stereocenters. The van der Waals surface area contributed by atoms with E-state index < -0.39 is 19.7 Å². The lowest BCUT2D eigenvalue weighted by Crippen LogP contribution is -2.46. The second kappa shape index (κ2) is 9.48. The second-order valence-electron chi connectivity index (χ2n) is 7.90. The molecular formula is C23H22N4O6S. The van der Waals surface area contributed by atoms with E-state index in [4.69, 9.17) is 0 Å². The molecule has 0 N–H and O–H groups in total. The van der Waals surface area contributed by atoms with Crippen molar-refractivity contribution >= 4 is 32.6 Å². The lowest BCUT2D eigenvalue weighted by atomic mass is 10.2. The number of benzene rings is 3. The molecule has 0 amide bonds. The zero-order chi connectivity index (χ0) is 24.3. The molecule has 1 saturated heterocycles. The molecular weight excluding hydrogens is 460 g/mol. The van der Waals surface area contributed by atoms with Crippen LogP contribution in [0.2, 0.25) is 0 Å². The van der Waals surface area contributed by atoms with E-state index in [1.807, 2.05) is 9.80 Å². The molecule has 0 bridgehead atoms. The summed E-state index contributed by atoms with van der Waals surface area (Å²) in [6.07, 6.45) is 0. The number of piperazine rings is 1. The number of hydrogen-bond donors (Lipinski definition) is 0. The number of rotatable bonds is 7. The predicted octanol–water partition coefficient (Wildman–Crippen LogP) is 3.80. The van der Waals surface area contributed by atoms with Gasteiger partial charge in [-0.1, -0.05) is 30.3 Å². The maximum atomic E-state index is 12.8. The van der Waals surface area contributed by atoms with Crippen LogP contribution in [-0.4, -0.2) is 44.4 Å². The first-order valence-electron chi connectivity index (χ1n) is 10.5. The molecule has 1 aliphatic heterocycles. The van der Waals surface area contributed by atoms with E-state index in [1.54, 1.807) is 42.5 Å². The summed E-state index contributed by atoms with van der Waals surface area (Å²) in [5, 5.41) is 22.6. The lowest BCUT2D eigenvalue weighted by Gasteiger charge is -2.37. The van der Waals surface area contributed by atoms with Gasteiger partial charge in [0.2, 0.25) is 0 Å². The van der Waals surface area contributed by atoms with E-state index in [1.165, 1.54) is 24.3 Å². The first-order valence-corrected chi connectivity index (χ1v) is 12.2. The van der Waals surface area contributed by atoms with E-state index in [0.717, 1.165) is 11.8 Å². The number of non-ortho nitro benzene ring substituents is 1. The Balaban J connectivity index is 1.51. The Bertz CT molecular complexity index is 1310. The molecule has 10 nitrogen and oxygen atoms in total. The van der Waals surface area contributed by atoms with Crippen molar-refractivity contribution in [2.45, 2.75) is 10.6 Å². The molecule has 0 radical (unpaired) electrons. The van der Waals surface area contributed by atoms with E-state index in [2.05, 4.69) is 0 Å². The SMILES string of the molecule is O=[N+]([O-])c1ccc(N2CCN(c3ccc(S(=O)(=O)Cc4ccccc4)cc3[N+](=O)[O-])CC2)cc1. The fourth-order valence-electron chi connectivity index (χ4n) is 3.98. The average Bonchev–Trinajstić information content (AvgIpc) is 2.84. The van der Waals surface area contributed by atoms with Crippen LogP contribution in [0.5, 0.6) is 0 Å². The van der Waals surface area contributed by atoms with Crippen LogP contribution in [0, 0.1) is 20.2 Å². The van der Waals surface area contributed by atoms with Crippen molar-refractivity contribution in [1.82, 2.24) is 0 Å². The van der Waals surface area contributed by atoms with Gasteiger partial charge in [-0.05, 0) is 29.8 Å². The Labute approximate surface area is 196 Å². The van der Waals surface area contributed by atoms with Gasteiger partial charge in [-0.2, -0.15) is 0 Å². The number of sulfone groups is 1. The van der Waals surface area contributed by atoms with Crippen molar-refractivity contribution in [2.24, 2.45) is 0 Å². The smallest absolute Gasteiger partial charge is 0.293 e. The molecule has 0 aliphatic carbocycles. The minimum atomic E-state index is -3.75. The fraction of sp³-hybridized carbons (Fsp3) is 0.217. The molecule has 1 heterocycles. The van der Waals surface area contributed by atoms with Gasteiger partial charge in [0.1, 0.15) is 5.69 Å². The van der Waals surface area contributed by atoms with Crippen LogP contribution in [-0.2, 0) is 15.6 Å². The maximum absolute atomic E-state index is 12.8. The third-order valence-electron chi connectivity index (χ3n) is 5.75. The Morgan fingerprint density at radius 3 is 1.97 bits per heavy atom. The highest BCUT2D eigenvalue weighted by atomic mass is 32.2. The maximum Gasteiger partial charge on any atom is 0.293 e. The summed E-state index contributed by atoms with van der Waals surface area (Å²) >= 11 is 0. The number of nitrogens with zero attached hydrogens (tertiary/aromatic N) is 4. The number of nitro benzene ring substituents is 2. The van der Waals surface area contributed by atoms with Crippen molar-refractivity contribution in [1.29, 1.82) is 0 Å². The highest BCUT2D eigenvalue weighted by Crippen LogP contribution is 2.33. The van der Waals surface area contributed by atoms with Crippen LogP contribution in [0.15, 0.2) is 77.7 Å². The molecule has 0 saturated carbocycles. The van der Waals surface area contributed by atoms with Gasteiger partial charge in [-0.25, -0.2) is 8.42 Å². The second-order valence-corrected chi connectivity index (χ2v) is 9.89. The van der Waals surface area contributed by atoms with E-state index in [0.29, 0.717) is 37.4 Å².